The Morgan fingerprint density at radius 3 is 2.69 bits per heavy atom. The molecule has 36 heavy (non-hydrogen) atoms. The van der Waals surface area contributed by atoms with Crippen molar-refractivity contribution < 1.29 is 23.8 Å². The molecule has 5 rings (SSSR count). The fraction of sp³-hybridized carbons (Fsp3) is 0.379. The second-order valence-corrected chi connectivity index (χ2v) is 9.53. The number of benzene rings is 2. The second-order valence-electron chi connectivity index (χ2n) is 9.53. The fourth-order valence-corrected chi connectivity index (χ4v) is 5.00. The Bertz CT molecular complexity index is 1350. The smallest absolute Gasteiger partial charge is 0.352 e. The maximum Gasteiger partial charge on any atom is 0.352 e. The van der Waals surface area contributed by atoms with Crippen LogP contribution in [0.4, 0.5) is 0 Å². The van der Waals surface area contributed by atoms with Crippen LogP contribution in [0.2, 0.25) is 0 Å². The molecule has 1 saturated carbocycles. The van der Waals surface area contributed by atoms with Gasteiger partial charge >= 0.3 is 5.97 Å². The van der Waals surface area contributed by atoms with Gasteiger partial charge in [0.15, 0.2) is 0 Å². The van der Waals surface area contributed by atoms with Crippen LogP contribution in [0.5, 0.6) is 0 Å². The van der Waals surface area contributed by atoms with Crippen LogP contribution in [0.25, 0.3) is 22.4 Å². The van der Waals surface area contributed by atoms with Crippen LogP contribution >= 0.6 is 0 Å². The molecule has 0 saturated heterocycles. The Hall–Kier alpha value is -3.42. The number of para-hydroxylation sites is 1. The van der Waals surface area contributed by atoms with E-state index >= 15 is 0 Å². The largest absolute Gasteiger partial charge is 0.477 e. The lowest BCUT2D eigenvalue weighted by molar-refractivity contribution is -0.0523. The Morgan fingerprint density at radius 2 is 1.89 bits per heavy atom. The van der Waals surface area contributed by atoms with Crippen molar-refractivity contribution in [2.75, 3.05) is 6.61 Å². The van der Waals surface area contributed by atoms with Crippen LogP contribution in [0.3, 0.4) is 0 Å². The molecule has 7 heteroatoms. The molecule has 2 aromatic heterocycles. The van der Waals surface area contributed by atoms with Gasteiger partial charge in [0.25, 0.3) is 0 Å². The number of aromatic carboxylic acids is 1. The van der Waals surface area contributed by atoms with E-state index in [2.05, 4.69) is 24.0 Å². The minimum Gasteiger partial charge on any atom is -0.477 e. The lowest BCUT2D eigenvalue weighted by atomic mass is 9.95. The molecule has 0 spiro atoms. The minimum atomic E-state index is -0.925. The third kappa shape index (κ3) is 5.37. The van der Waals surface area contributed by atoms with E-state index in [9.17, 15) is 9.90 Å². The summed E-state index contributed by atoms with van der Waals surface area (Å²) in [7, 11) is 0. The van der Waals surface area contributed by atoms with Crippen LogP contribution in [-0.2, 0) is 22.6 Å². The molecule has 7 nitrogen and oxygen atoms in total. The zero-order valence-electron chi connectivity index (χ0n) is 20.8. The number of aryl methyl sites for hydroxylation is 2. The van der Waals surface area contributed by atoms with Crippen molar-refractivity contribution in [3.05, 3.63) is 77.3 Å². The third-order valence-corrected chi connectivity index (χ3v) is 6.89. The van der Waals surface area contributed by atoms with Crippen LogP contribution in [-0.4, -0.2) is 39.4 Å². The van der Waals surface area contributed by atoms with E-state index in [-0.39, 0.29) is 17.9 Å². The predicted molar refractivity (Wildman–Crippen MR) is 137 cm³/mol. The number of oxazole rings is 1. The zero-order chi connectivity index (χ0) is 25.1. The van der Waals surface area contributed by atoms with Crippen molar-refractivity contribution >= 4 is 16.9 Å². The van der Waals surface area contributed by atoms with Gasteiger partial charge in [-0.25, -0.2) is 9.78 Å². The van der Waals surface area contributed by atoms with Gasteiger partial charge in [-0.3, -0.25) is 0 Å². The SMILES string of the molecule is Cc1cccc(-c2nc(COC3CCCC(OCCn4c(C(=O)O)cc5ccccc54)C3)c(C)o2)c1. The van der Waals surface area contributed by atoms with Gasteiger partial charge in [0.05, 0.1) is 25.4 Å². The highest BCUT2D eigenvalue weighted by molar-refractivity contribution is 5.94. The van der Waals surface area contributed by atoms with Gasteiger partial charge < -0.3 is 23.6 Å². The molecule has 2 aromatic carbocycles. The summed E-state index contributed by atoms with van der Waals surface area (Å²) < 4.78 is 20.1. The first-order valence-corrected chi connectivity index (χ1v) is 12.6. The van der Waals surface area contributed by atoms with Crippen molar-refractivity contribution in [3.63, 3.8) is 0 Å². The Kier molecular flexibility index (Phi) is 7.20. The Balaban J connectivity index is 1.15. The molecule has 2 heterocycles. The number of hydrogen-bond donors (Lipinski definition) is 1. The molecular formula is C29H32N2O5. The number of carboxylic acid groups (broad SMARTS) is 1. The maximum atomic E-state index is 11.7. The maximum absolute atomic E-state index is 11.7. The molecule has 0 radical (unpaired) electrons. The van der Waals surface area contributed by atoms with Gasteiger partial charge in [0.2, 0.25) is 5.89 Å². The molecule has 2 unspecified atom stereocenters. The van der Waals surface area contributed by atoms with Crippen molar-refractivity contribution in [1.29, 1.82) is 0 Å². The van der Waals surface area contributed by atoms with Crippen molar-refractivity contribution in [2.24, 2.45) is 0 Å². The van der Waals surface area contributed by atoms with Gasteiger partial charge in [0.1, 0.15) is 17.1 Å². The molecule has 1 aliphatic rings. The quantitative estimate of drug-likeness (QED) is 0.304. The van der Waals surface area contributed by atoms with Crippen molar-refractivity contribution in [3.8, 4) is 11.5 Å². The first kappa shape index (κ1) is 24.3. The van der Waals surface area contributed by atoms with E-state index in [0.29, 0.717) is 25.6 Å². The summed E-state index contributed by atoms with van der Waals surface area (Å²) in [6, 6.07) is 17.6. The van der Waals surface area contributed by atoms with Gasteiger partial charge in [-0.1, -0.05) is 35.9 Å². The average molecular weight is 489 g/mol. The molecular weight excluding hydrogens is 456 g/mol. The minimum absolute atomic E-state index is 0.0973. The molecule has 1 fully saturated rings. The molecule has 1 N–H and O–H groups in total. The number of fused-ring (bicyclic) bond motifs is 1. The molecule has 0 aliphatic heterocycles. The van der Waals surface area contributed by atoms with E-state index in [0.717, 1.165) is 53.6 Å². The number of hydrogen-bond acceptors (Lipinski definition) is 5. The third-order valence-electron chi connectivity index (χ3n) is 6.89. The lowest BCUT2D eigenvalue weighted by Gasteiger charge is -2.29. The molecule has 0 bridgehead atoms. The second kappa shape index (κ2) is 10.7. The zero-order valence-corrected chi connectivity index (χ0v) is 20.8. The van der Waals surface area contributed by atoms with Crippen molar-refractivity contribution in [1.82, 2.24) is 9.55 Å². The Morgan fingerprint density at radius 1 is 1.08 bits per heavy atom. The van der Waals surface area contributed by atoms with Crippen LogP contribution < -0.4 is 0 Å². The highest BCUT2D eigenvalue weighted by atomic mass is 16.5. The summed E-state index contributed by atoms with van der Waals surface area (Å²) >= 11 is 0. The van der Waals surface area contributed by atoms with Crippen LogP contribution in [0, 0.1) is 13.8 Å². The monoisotopic (exact) mass is 488 g/mol. The van der Waals surface area contributed by atoms with Crippen LogP contribution in [0.15, 0.2) is 59.0 Å². The highest BCUT2D eigenvalue weighted by Gasteiger charge is 2.24. The summed E-state index contributed by atoms with van der Waals surface area (Å²) in [4.78, 5) is 16.4. The normalized spacial score (nSPS) is 18.1. The average Bonchev–Trinajstić information content (AvgIpc) is 3.44. The van der Waals surface area contributed by atoms with E-state index in [1.807, 2.05) is 47.9 Å². The van der Waals surface area contributed by atoms with E-state index < -0.39 is 5.97 Å². The highest BCUT2D eigenvalue weighted by Crippen LogP contribution is 2.27. The first-order valence-electron chi connectivity index (χ1n) is 12.6. The van der Waals surface area contributed by atoms with Crippen molar-refractivity contribution in [2.45, 2.75) is 64.9 Å². The molecule has 188 valence electrons. The number of rotatable bonds is 9. The van der Waals surface area contributed by atoms with Crippen LogP contribution in [0.1, 0.15) is 53.2 Å². The molecule has 0 amide bonds. The number of nitrogens with zero attached hydrogens (tertiary/aromatic N) is 2. The topological polar surface area (TPSA) is 86.7 Å². The van der Waals surface area contributed by atoms with Gasteiger partial charge in [0, 0.05) is 23.0 Å². The fourth-order valence-electron chi connectivity index (χ4n) is 5.00. The van der Waals surface area contributed by atoms with Gasteiger partial charge in [-0.2, -0.15) is 0 Å². The summed E-state index contributed by atoms with van der Waals surface area (Å²) in [5.41, 5.74) is 4.17. The lowest BCUT2D eigenvalue weighted by Crippen LogP contribution is -2.29. The molecule has 1 aliphatic carbocycles. The number of ether oxygens (including phenoxy) is 2. The number of aromatic nitrogens is 2. The van der Waals surface area contributed by atoms with E-state index in [4.69, 9.17) is 13.9 Å². The van der Waals surface area contributed by atoms with E-state index in [1.54, 1.807) is 6.07 Å². The predicted octanol–water partition coefficient (Wildman–Crippen LogP) is 6.16. The summed E-state index contributed by atoms with van der Waals surface area (Å²) in [6.45, 7) is 5.34. The summed E-state index contributed by atoms with van der Waals surface area (Å²) in [5, 5.41) is 10.5. The molecule has 4 aromatic rings. The number of carbonyl (C=O) groups is 1. The van der Waals surface area contributed by atoms with Gasteiger partial charge in [-0.05, 0) is 63.8 Å². The summed E-state index contributed by atoms with van der Waals surface area (Å²) in [5.74, 6) is 0.479. The molecule has 2 atom stereocenters. The number of carboxylic acids is 1. The van der Waals surface area contributed by atoms with Gasteiger partial charge in [-0.15, -0.1) is 0 Å². The summed E-state index contributed by atoms with van der Waals surface area (Å²) in [6.07, 6.45) is 4.03. The first-order chi connectivity index (χ1) is 17.5. The standard InChI is InChI=1S/C29H32N2O5/c1-19-7-5-9-22(15-19)28-30-25(20(2)36-28)18-35-24-11-6-10-23(17-24)34-14-13-31-26-12-4-3-8-21(26)16-27(31)29(32)33/h3-5,7-9,12,15-16,23-24H,6,10-11,13-14,17-18H2,1-2H3,(H,32,33). The van der Waals surface area contributed by atoms with E-state index in [1.165, 1.54) is 5.56 Å². The Labute approximate surface area is 210 Å².